The Morgan fingerprint density at radius 3 is 2.16 bits per heavy atom. The molecule has 12 heteroatoms. The molecule has 8 atom stereocenters. The summed E-state index contributed by atoms with van der Waals surface area (Å²) in [7, 11) is 0. The highest BCUT2D eigenvalue weighted by Crippen LogP contribution is 2.54. The summed E-state index contributed by atoms with van der Waals surface area (Å²) in [5.41, 5.74) is -5.59. The normalized spacial score (nSPS) is 33.7. The van der Waals surface area contributed by atoms with Gasteiger partial charge in [0.2, 0.25) is 11.2 Å². The van der Waals surface area contributed by atoms with Crippen LogP contribution in [-0.4, -0.2) is 90.6 Å². The summed E-state index contributed by atoms with van der Waals surface area (Å²) in [6.07, 6.45) is -7.81. The maximum Gasteiger partial charge on any atom is 0.342 e. The Balaban J connectivity index is 1.93. The van der Waals surface area contributed by atoms with Crippen LogP contribution >= 0.6 is 0 Å². The zero-order valence-electron chi connectivity index (χ0n) is 21.2. The van der Waals surface area contributed by atoms with E-state index in [2.05, 4.69) is 6.58 Å². The van der Waals surface area contributed by atoms with Crippen molar-refractivity contribution in [3.05, 3.63) is 48.0 Å². The number of hydrogen-bond donors (Lipinski definition) is 5. The number of esters is 1. The molecule has 0 radical (unpaired) electrons. The van der Waals surface area contributed by atoms with E-state index in [1.807, 2.05) is 37.3 Å². The first-order valence-corrected chi connectivity index (χ1v) is 12.0. The number of aliphatic hydroxyl groups is 3. The van der Waals surface area contributed by atoms with Crippen molar-refractivity contribution >= 4 is 23.7 Å². The van der Waals surface area contributed by atoms with Crippen LogP contribution in [0.4, 0.5) is 0 Å². The van der Waals surface area contributed by atoms with Crippen molar-refractivity contribution in [3.63, 3.8) is 0 Å². The number of hydrogen-bond acceptors (Lipinski definition) is 10. The number of aliphatic carboxylic acids is 2. The second-order valence-corrected chi connectivity index (χ2v) is 9.88. The molecule has 208 valence electrons. The average Bonchev–Trinajstić information content (AvgIpc) is 3.04. The summed E-state index contributed by atoms with van der Waals surface area (Å²) in [6, 6.07) is 9.39. The van der Waals surface area contributed by atoms with Gasteiger partial charge in [0.1, 0.15) is 18.3 Å². The molecule has 0 saturated carbocycles. The Labute approximate surface area is 218 Å². The van der Waals surface area contributed by atoms with Crippen molar-refractivity contribution in [3.8, 4) is 0 Å². The summed E-state index contributed by atoms with van der Waals surface area (Å²) >= 11 is 0. The van der Waals surface area contributed by atoms with Gasteiger partial charge in [-0.3, -0.25) is 9.59 Å². The first-order chi connectivity index (χ1) is 17.6. The van der Waals surface area contributed by atoms with Crippen LogP contribution in [0.2, 0.25) is 0 Å². The van der Waals surface area contributed by atoms with Gasteiger partial charge in [0.05, 0.1) is 0 Å². The van der Waals surface area contributed by atoms with Crippen molar-refractivity contribution in [1.29, 1.82) is 0 Å². The van der Waals surface area contributed by atoms with Crippen LogP contribution in [0.5, 0.6) is 0 Å². The molecule has 1 aromatic carbocycles. The molecule has 0 aromatic heterocycles. The number of Topliss-reactive ketones (excluding diaryl/α,β-unsaturated/α-hetero) is 1. The molecular weight excluding hydrogens is 504 g/mol. The molecule has 2 fully saturated rings. The Hall–Kier alpha value is -3.16. The SMILES string of the molecule is C=C(CC[C@]12O[C@H](C(C)=O)[C@@](O)(C(=O)O)[C@](C(=O)O)(O1)[C@H](O)[C@H]2O)[C@@H](OC(C)=O)[C@H](C)Cc1ccccc1. The number of carboxylic acids is 2. The van der Waals surface area contributed by atoms with E-state index < -0.39 is 71.5 Å². The lowest BCUT2D eigenvalue weighted by Gasteiger charge is -2.49. The van der Waals surface area contributed by atoms with Gasteiger partial charge < -0.3 is 39.7 Å². The van der Waals surface area contributed by atoms with Crippen LogP contribution in [0.1, 0.15) is 39.2 Å². The van der Waals surface area contributed by atoms with E-state index in [0.29, 0.717) is 12.0 Å². The van der Waals surface area contributed by atoms with E-state index in [9.17, 15) is 44.7 Å². The molecule has 12 nitrogen and oxygen atoms in total. The highest BCUT2D eigenvalue weighted by Gasteiger charge is 2.83. The molecule has 0 unspecified atom stereocenters. The molecule has 0 amide bonds. The fourth-order valence-electron chi connectivity index (χ4n) is 5.32. The van der Waals surface area contributed by atoms with E-state index in [1.54, 1.807) is 0 Å². The summed E-state index contributed by atoms with van der Waals surface area (Å²) in [6.45, 7) is 7.91. The molecule has 2 saturated heterocycles. The molecule has 2 aliphatic rings. The van der Waals surface area contributed by atoms with Crippen LogP contribution in [0, 0.1) is 5.92 Å². The molecule has 2 bridgehead atoms. The second-order valence-electron chi connectivity index (χ2n) is 9.88. The standard InChI is InChI=1S/C26H32O12/c1-13(18(36-16(4)28)14(2)12-17-8-6-5-7-9-17)10-11-24-19(29)20(30)26(38-24,23(33)34)25(35,22(31)32)21(37-24)15(3)27/h5-9,14,18-21,29-30,35H,1,10-12H2,2-4H3,(H,31,32)(H,33,34)/t14-,18-,19-,20-,21-,24+,25-,26+/m1/s1. The number of ketones is 1. The third-order valence-electron chi connectivity index (χ3n) is 7.18. The molecule has 38 heavy (non-hydrogen) atoms. The third-order valence-corrected chi connectivity index (χ3v) is 7.18. The van der Waals surface area contributed by atoms with E-state index in [1.165, 1.54) is 6.92 Å². The van der Waals surface area contributed by atoms with E-state index >= 15 is 0 Å². The molecule has 2 aliphatic heterocycles. The number of fused-ring (bicyclic) bond motifs is 2. The van der Waals surface area contributed by atoms with Crippen LogP contribution in [0.3, 0.4) is 0 Å². The quantitative estimate of drug-likeness (QED) is 0.191. The lowest BCUT2D eigenvalue weighted by molar-refractivity contribution is -0.371. The first kappa shape index (κ1) is 29.4. The van der Waals surface area contributed by atoms with Gasteiger partial charge in [0, 0.05) is 19.3 Å². The Morgan fingerprint density at radius 2 is 1.66 bits per heavy atom. The highest BCUT2D eigenvalue weighted by atomic mass is 16.8. The molecule has 0 aliphatic carbocycles. The van der Waals surface area contributed by atoms with Gasteiger partial charge in [-0.15, -0.1) is 0 Å². The van der Waals surface area contributed by atoms with Crippen LogP contribution in [-0.2, 0) is 39.8 Å². The minimum absolute atomic E-state index is 0.118. The highest BCUT2D eigenvalue weighted by molar-refractivity contribution is 5.99. The molecule has 2 heterocycles. The number of ether oxygens (including phenoxy) is 3. The van der Waals surface area contributed by atoms with Crippen molar-refractivity contribution in [2.24, 2.45) is 5.92 Å². The zero-order valence-corrected chi connectivity index (χ0v) is 21.2. The number of aliphatic hydroxyl groups excluding tert-OH is 2. The summed E-state index contributed by atoms with van der Waals surface area (Å²) in [5, 5.41) is 52.2. The Kier molecular flexibility index (Phi) is 8.15. The van der Waals surface area contributed by atoms with E-state index in [0.717, 1.165) is 12.5 Å². The lowest BCUT2D eigenvalue weighted by Crippen LogP contribution is -2.77. The molecular formula is C26H32O12. The monoisotopic (exact) mass is 536 g/mol. The van der Waals surface area contributed by atoms with Gasteiger partial charge in [0.25, 0.3) is 0 Å². The van der Waals surface area contributed by atoms with E-state index in [4.69, 9.17) is 14.2 Å². The first-order valence-electron chi connectivity index (χ1n) is 12.0. The Morgan fingerprint density at radius 1 is 1.05 bits per heavy atom. The van der Waals surface area contributed by atoms with Crippen LogP contribution < -0.4 is 0 Å². The lowest BCUT2D eigenvalue weighted by atomic mass is 9.73. The molecule has 3 rings (SSSR count). The maximum atomic E-state index is 12.4. The van der Waals surface area contributed by atoms with Gasteiger partial charge in [-0.25, -0.2) is 9.59 Å². The van der Waals surface area contributed by atoms with Gasteiger partial charge in [-0.05, 0) is 30.9 Å². The van der Waals surface area contributed by atoms with Gasteiger partial charge in [-0.1, -0.05) is 43.8 Å². The molecule has 0 spiro atoms. The number of benzene rings is 1. The van der Waals surface area contributed by atoms with Crippen molar-refractivity contribution in [2.75, 3.05) is 0 Å². The van der Waals surface area contributed by atoms with Crippen LogP contribution in [0.15, 0.2) is 42.5 Å². The summed E-state index contributed by atoms with van der Waals surface area (Å²) in [4.78, 5) is 48.5. The number of rotatable bonds is 11. The van der Waals surface area contributed by atoms with Gasteiger partial charge in [-0.2, -0.15) is 0 Å². The molecule has 5 N–H and O–H groups in total. The topological polar surface area (TPSA) is 197 Å². The minimum atomic E-state index is -3.56. The van der Waals surface area contributed by atoms with E-state index in [-0.39, 0.29) is 12.3 Å². The second kappa shape index (κ2) is 10.5. The van der Waals surface area contributed by atoms with Crippen molar-refractivity contribution in [2.45, 2.75) is 81.4 Å². The summed E-state index contributed by atoms with van der Waals surface area (Å²) < 4.78 is 16.4. The van der Waals surface area contributed by atoms with Crippen molar-refractivity contribution < 1.29 is 58.9 Å². The van der Waals surface area contributed by atoms with Crippen LogP contribution in [0.25, 0.3) is 0 Å². The summed E-state index contributed by atoms with van der Waals surface area (Å²) in [5.74, 6) is -8.62. The number of carbonyl (C=O) groups excluding carboxylic acids is 2. The van der Waals surface area contributed by atoms with Crippen molar-refractivity contribution in [1.82, 2.24) is 0 Å². The fourth-order valence-corrected chi connectivity index (χ4v) is 5.32. The van der Waals surface area contributed by atoms with Gasteiger partial charge >= 0.3 is 17.9 Å². The maximum absolute atomic E-state index is 12.4. The Bertz CT molecular complexity index is 1120. The largest absolute Gasteiger partial charge is 0.479 e. The number of carboxylic acid groups (broad SMARTS) is 2. The number of carbonyl (C=O) groups is 4. The average molecular weight is 537 g/mol. The predicted molar refractivity (Wildman–Crippen MR) is 128 cm³/mol. The smallest absolute Gasteiger partial charge is 0.342 e. The predicted octanol–water partition coefficient (Wildman–Crippen LogP) is 0.209. The zero-order chi connectivity index (χ0) is 28.6. The van der Waals surface area contributed by atoms with Gasteiger partial charge in [0.15, 0.2) is 17.7 Å². The molecule has 1 aromatic rings. The minimum Gasteiger partial charge on any atom is -0.479 e. The fraction of sp³-hybridized carbons (Fsp3) is 0.538. The third kappa shape index (κ3) is 4.63.